The number of nitrogens with zero attached hydrogens (tertiary/aromatic N) is 1. The van der Waals surface area contributed by atoms with Crippen LogP contribution in [0.3, 0.4) is 0 Å². The molecule has 1 heterocycles. The van der Waals surface area contributed by atoms with Crippen molar-refractivity contribution in [3.63, 3.8) is 0 Å². The normalized spacial score (nSPS) is 15.3. The van der Waals surface area contributed by atoms with Crippen LogP contribution < -0.4 is 9.47 Å². The van der Waals surface area contributed by atoms with E-state index in [0.29, 0.717) is 0 Å². The summed E-state index contributed by atoms with van der Waals surface area (Å²) in [5.41, 5.74) is 3.18. The van der Waals surface area contributed by atoms with Crippen LogP contribution in [0.5, 0.6) is 11.5 Å². The highest BCUT2D eigenvalue weighted by molar-refractivity contribution is 5.54. The zero-order valence-electron chi connectivity index (χ0n) is 11.3. The van der Waals surface area contributed by atoms with Gasteiger partial charge < -0.3 is 14.6 Å². The molecule has 1 aromatic carbocycles. The summed E-state index contributed by atoms with van der Waals surface area (Å²) in [5, 5.41) is 9.42. The third-order valence-corrected chi connectivity index (χ3v) is 3.63. The van der Waals surface area contributed by atoms with Gasteiger partial charge in [-0.15, -0.1) is 0 Å². The van der Waals surface area contributed by atoms with Crippen LogP contribution >= 0.6 is 0 Å². The Labute approximate surface area is 108 Å². The molecule has 18 heavy (non-hydrogen) atoms. The molecule has 0 aliphatic carbocycles. The van der Waals surface area contributed by atoms with E-state index in [2.05, 4.69) is 11.8 Å². The largest absolute Gasteiger partial charge is 0.496 e. The van der Waals surface area contributed by atoms with E-state index in [9.17, 15) is 5.11 Å². The van der Waals surface area contributed by atoms with E-state index in [0.717, 1.165) is 43.1 Å². The Morgan fingerprint density at radius 2 is 2.06 bits per heavy atom. The van der Waals surface area contributed by atoms with Gasteiger partial charge in [0.1, 0.15) is 11.5 Å². The zero-order valence-corrected chi connectivity index (χ0v) is 11.3. The van der Waals surface area contributed by atoms with Crippen molar-refractivity contribution in [1.29, 1.82) is 0 Å². The topological polar surface area (TPSA) is 41.9 Å². The third kappa shape index (κ3) is 2.18. The first-order valence-corrected chi connectivity index (χ1v) is 6.33. The minimum absolute atomic E-state index is 0.0235. The van der Waals surface area contributed by atoms with Gasteiger partial charge in [-0.05, 0) is 19.0 Å². The predicted molar refractivity (Wildman–Crippen MR) is 70.1 cm³/mol. The second-order valence-electron chi connectivity index (χ2n) is 4.51. The highest BCUT2D eigenvalue weighted by Gasteiger charge is 2.24. The van der Waals surface area contributed by atoms with Crippen molar-refractivity contribution < 1.29 is 14.6 Å². The summed E-state index contributed by atoms with van der Waals surface area (Å²) in [4.78, 5) is 2.38. The van der Waals surface area contributed by atoms with E-state index in [1.165, 1.54) is 11.1 Å². The van der Waals surface area contributed by atoms with Gasteiger partial charge in [0.15, 0.2) is 0 Å². The highest BCUT2D eigenvalue weighted by atomic mass is 16.5. The van der Waals surface area contributed by atoms with Gasteiger partial charge in [0, 0.05) is 29.8 Å². The van der Waals surface area contributed by atoms with E-state index in [1.54, 1.807) is 14.2 Å². The van der Waals surface area contributed by atoms with Crippen molar-refractivity contribution in [1.82, 2.24) is 4.90 Å². The number of aliphatic hydroxyl groups is 1. The fourth-order valence-electron chi connectivity index (χ4n) is 2.62. The number of hydrogen-bond donors (Lipinski definition) is 1. The summed E-state index contributed by atoms with van der Waals surface area (Å²) in [6.07, 6.45) is 0.941. The Morgan fingerprint density at radius 3 is 2.61 bits per heavy atom. The first-order valence-electron chi connectivity index (χ1n) is 6.33. The van der Waals surface area contributed by atoms with Crippen molar-refractivity contribution in [2.24, 2.45) is 0 Å². The molecule has 0 saturated carbocycles. The van der Waals surface area contributed by atoms with Crippen LogP contribution in [0.4, 0.5) is 0 Å². The standard InChI is InChI=1S/C14H21NO3/c1-4-15-6-5-11-12(8-15)13(17-2)7-10(9-16)14(11)18-3/h7,16H,4-6,8-9H2,1-3H3. The van der Waals surface area contributed by atoms with Crippen LogP contribution in [-0.2, 0) is 19.6 Å². The average molecular weight is 251 g/mol. The summed E-state index contributed by atoms with van der Waals surface area (Å²) in [6, 6.07) is 1.89. The molecule has 0 amide bonds. The minimum atomic E-state index is -0.0235. The van der Waals surface area contributed by atoms with Crippen LogP contribution in [0, 0.1) is 0 Å². The van der Waals surface area contributed by atoms with E-state index in [4.69, 9.17) is 9.47 Å². The van der Waals surface area contributed by atoms with Crippen molar-refractivity contribution in [2.75, 3.05) is 27.3 Å². The van der Waals surface area contributed by atoms with Crippen molar-refractivity contribution in [2.45, 2.75) is 26.5 Å². The SMILES string of the molecule is CCN1CCc2c(c(OC)cc(CO)c2OC)C1. The molecule has 2 rings (SSSR count). The van der Waals surface area contributed by atoms with E-state index in [-0.39, 0.29) is 6.61 Å². The number of rotatable bonds is 4. The zero-order chi connectivity index (χ0) is 13.1. The maximum atomic E-state index is 9.42. The number of aliphatic hydroxyl groups excluding tert-OH is 1. The lowest BCUT2D eigenvalue weighted by atomic mass is 9.94. The van der Waals surface area contributed by atoms with Crippen LogP contribution in [0.25, 0.3) is 0 Å². The number of ether oxygens (including phenoxy) is 2. The molecule has 0 radical (unpaired) electrons. The van der Waals surface area contributed by atoms with Crippen LogP contribution in [-0.4, -0.2) is 37.3 Å². The molecule has 0 spiro atoms. The predicted octanol–water partition coefficient (Wildman–Crippen LogP) is 1.57. The maximum absolute atomic E-state index is 9.42. The molecule has 4 heteroatoms. The first kappa shape index (κ1) is 13.2. The average Bonchev–Trinajstić information content (AvgIpc) is 2.44. The molecule has 0 atom stereocenters. The number of methoxy groups -OCH3 is 2. The number of hydrogen-bond acceptors (Lipinski definition) is 4. The molecular weight excluding hydrogens is 230 g/mol. The lowest BCUT2D eigenvalue weighted by molar-refractivity contribution is 0.251. The van der Waals surface area contributed by atoms with E-state index < -0.39 is 0 Å². The van der Waals surface area contributed by atoms with Gasteiger partial charge in [-0.1, -0.05) is 6.92 Å². The molecule has 1 aliphatic rings. The Hall–Kier alpha value is -1.26. The smallest absolute Gasteiger partial charge is 0.128 e. The monoisotopic (exact) mass is 251 g/mol. The molecular formula is C14H21NO3. The highest BCUT2D eigenvalue weighted by Crippen LogP contribution is 2.37. The molecule has 1 aliphatic heterocycles. The summed E-state index contributed by atoms with van der Waals surface area (Å²) < 4.78 is 10.9. The second kappa shape index (κ2) is 5.59. The van der Waals surface area contributed by atoms with Crippen molar-refractivity contribution in [3.05, 3.63) is 22.8 Å². The van der Waals surface area contributed by atoms with Gasteiger partial charge in [-0.25, -0.2) is 0 Å². The Morgan fingerprint density at radius 1 is 1.28 bits per heavy atom. The minimum Gasteiger partial charge on any atom is -0.496 e. The number of fused-ring (bicyclic) bond motifs is 1. The molecule has 0 aromatic heterocycles. The second-order valence-corrected chi connectivity index (χ2v) is 4.51. The van der Waals surface area contributed by atoms with Crippen molar-refractivity contribution in [3.8, 4) is 11.5 Å². The molecule has 1 N–H and O–H groups in total. The number of benzene rings is 1. The van der Waals surface area contributed by atoms with Crippen molar-refractivity contribution >= 4 is 0 Å². The quantitative estimate of drug-likeness (QED) is 0.882. The van der Waals surface area contributed by atoms with E-state index >= 15 is 0 Å². The summed E-state index contributed by atoms with van der Waals surface area (Å²) in [7, 11) is 3.33. The molecule has 1 aromatic rings. The fourth-order valence-corrected chi connectivity index (χ4v) is 2.62. The first-order chi connectivity index (χ1) is 8.74. The number of likely N-dealkylation sites (N-methyl/N-ethyl adjacent to an activating group) is 1. The summed E-state index contributed by atoms with van der Waals surface area (Å²) in [5.74, 6) is 1.68. The van der Waals surface area contributed by atoms with Gasteiger partial charge in [0.2, 0.25) is 0 Å². The molecule has 100 valence electrons. The molecule has 0 bridgehead atoms. The lowest BCUT2D eigenvalue weighted by Gasteiger charge is -2.30. The molecule has 4 nitrogen and oxygen atoms in total. The molecule has 0 saturated heterocycles. The van der Waals surface area contributed by atoms with Gasteiger partial charge in [-0.3, -0.25) is 4.90 Å². The van der Waals surface area contributed by atoms with Gasteiger partial charge >= 0.3 is 0 Å². The van der Waals surface area contributed by atoms with Crippen LogP contribution in [0.1, 0.15) is 23.6 Å². The van der Waals surface area contributed by atoms with Gasteiger partial charge in [0.05, 0.1) is 20.8 Å². The molecule has 0 unspecified atom stereocenters. The fraction of sp³-hybridized carbons (Fsp3) is 0.571. The van der Waals surface area contributed by atoms with Crippen LogP contribution in [0.15, 0.2) is 6.07 Å². The summed E-state index contributed by atoms with van der Waals surface area (Å²) >= 11 is 0. The van der Waals surface area contributed by atoms with E-state index in [1.807, 2.05) is 6.07 Å². The Balaban J connectivity index is 2.52. The Kier molecular flexibility index (Phi) is 4.09. The third-order valence-electron chi connectivity index (χ3n) is 3.63. The maximum Gasteiger partial charge on any atom is 0.128 e. The van der Waals surface area contributed by atoms with Gasteiger partial charge in [-0.2, -0.15) is 0 Å². The summed E-state index contributed by atoms with van der Waals surface area (Å²) in [6.45, 7) is 5.09. The Bertz CT molecular complexity index is 432. The van der Waals surface area contributed by atoms with Crippen LogP contribution in [0.2, 0.25) is 0 Å². The lowest BCUT2D eigenvalue weighted by Crippen LogP contribution is -2.31. The molecule has 0 fully saturated rings. The van der Waals surface area contributed by atoms with Gasteiger partial charge in [0.25, 0.3) is 0 Å².